The van der Waals surface area contributed by atoms with E-state index in [0.717, 1.165) is 0 Å². The first-order valence-electron chi connectivity index (χ1n) is 14.9. The lowest BCUT2D eigenvalue weighted by atomic mass is 10.1. The number of nitrogens with zero attached hydrogens (tertiary/aromatic N) is 6. The minimum Gasteiger partial charge on any atom is -0.389 e. The Morgan fingerprint density at radius 1 is 0.438 bits per heavy atom. The van der Waals surface area contributed by atoms with Crippen LogP contribution in [0.25, 0.3) is 0 Å². The van der Waals surface area contributed by atoms with Crippen molar-refractivity contribution in [2.24, 2.45) is 0 Å². The number of β-amino-alcohol motifs (C(OH)–C–C–N with tert-alkyl or cyclic N) is 3. The average molecular weight is 682 g/mol. The lowest BCUT2D eigenvalue weighted by molar-refractivity contribution is -0.131. The largest absolute Gasteiger partial charge is 0.389 e. The van der Waals surface area contributed by atoms with E-state index in [2.05, 4.69) is 16.0 Å². The Balaban J connectivity index is 1.66. The predicted molar refractivity (Wildman–Crippen MR) is 160 cm³/mol. The number of imide groups is 3. The van der Waals surface area contributed by atoms with Crippen molar-refractivity contribution in [2.75, 3.05) is 19.6 Å². The molecule has 0 aliphatic carbocycles. The zero-order valence-electron chi connectivity index (χ0n) is 27.2. The van der Waals surface area contributed by atoms with Gasteiger partial charge in [0.1, 0.15) is 16.6 Å². The van der Waals surface area contributed by atoms with Crippen LogP contribution in [0.1, 0.15) is 41.5 Å². The van der Waals surface area contributed by atoms with Crippen LogP contribution < -0.4 is 33.0 Å². The third kappa shape index (κ3) is 6.60. The van der Waals surface area contributed by atoms with E-state index >= 15 is 0 Å². The highest BCUT2D eigenvalue weighted by Gasteiger charge is 2.47. The summed E-state index contributed by atoms with van der Waals surface area (Å²) in [6.07, 6.45) is -5.18. The summed E-state index contributed by atoms with van der Waals surface area (Å²) in [4.78, 5) is 117. The minimum absolute atomic E-state index is 0.378. The van der Waals surface area contributed by atoms with Crippen LogP contribution in [0.4, 0.5) is 14.4 Å². The summed E-state index contributed by atoms with van der Waals surface area (Å²) in [5.74, 6) is -2.08. The molecule has 3 atom stereocenters. The molecular weight excluding hydrogens is 642 g/mol. The van der Waals surface area contributed by atoms with E-state index in [0.29, 0.717) is 28.4 Å². The van der Waals surface area contributed by atoms with Gasteiger partial charge in [0.2, 0.25) is 0 Å². The number of rotatable bonds is 12. The highest BCUT2D eigenvalue weighted by atomic mass is 16.3. The second-order valence-corrected chi connectivity index (χ2v) is 13.6. The molecule has 0 spiro atoms. The van der Waals surface area contributed by atoms with Crippen LogP contribution >= 0.6 is 0 Å². The molecule has 1 aromatic rings. The molecule has 3 saturated heterocycles. The normalized spacial score (nSPS) is 21.8. The first-order chi connectivity index (χ1) is 22.0. The van der Waals surface area contributed by atoms with Gasteiger partial charge in [-0.05, 0) is 41.5 Å². The Morgan fingerprint density at radius 3 is 0.812 bits per heavy atom. The van der Waals surface area contributed by atoms with Crippen molar-refractivity contribution in [2.45, 2.75) is 96.1 Å². The average Bonchev–Trinajstić information content (AvgIpc) is 3.38. The van der Waals surface area contributed by atoms with Crippen LogP contribution in [0.15, 0.2) is 14.4 Å². The van der Waals surface area contributed by atoms with Crippen molar-refractivity contribution in [1.29, 1.82) is 0 Å². The smallest absolute Gasteiger partial charge is 0.336 e. The Kier molecular flexibility index (Phi) is 9.20. The molecular formula is C27H39N9O12. The minimum atomic E-state index is -1.73. The van der Waals surface area contributed by atoms with Crippen molar-refractivity contribution in [3.05, 3.63) is 31.5 Å². The predicted octanol–water partition coefficient (Wildman–Crippen LogP) is -4.75. The quantitative estimate of drug-likeness (QED) is 0.114. The SMILES string of the molecule is CC1(C)NC(=O)N(C[C@H](O)Cn2c(=O)n(C[C@@H](O)CN3C(=O)NC(C)(C)C3=O)c(=O)n(C[C@@H](O)CN3C(=O)NC(C)(C)C3=O)c2=O)C1=O. The summed E-state index contributed by atoms with van der Waals surface area (Å²) in [6.45, 7) is 3.97. The zero-order valence-corrected chi connectivity index (χ0v) is 27.2. The third-order valence-corrected chi connectivity index (χ3v) is 8.08. The number of aliphatic hydroxyl groups excluding tert-OH is 3. The van der Waals surface area contributed by atoms with Gasteiger partial charge in [0.05, 0.1) is 57.6 Å². The summed E-state index contributed by atoms with van der Waals surface area (Å²) in [7, 11) is 0. The van der Waals surface area contributed by atoms with E-state index in [1.54, 1.807) is 0 Å². The number of hydrogen-bond acceptors (Lipinski definition) is 12. The molecule has 0 saturated carbocycles. The molecule has 6 N–H and O–H groups in total. The molecule has 3 aliphatic rings. The molecule has 1 aromatic heterocycles. The maximum absolute atomic E-state index is 13.5. The van der Waals surface area contributed by atoms with Gasteiger partial charge >= 0.3 is 35.2 Å². The first kappa shape index (κ1) is 36.0. The molecule has 3 aliphatic heterocycles. The van der Waals surface area contributed by atoms with Crippen molar-refractivity contribution in [1.82, 2.24) is 44.4 Å². The van der Waals surface area contributed by atoms with Crippen LogP contribution in [-0.2, 0) is 34.0 Å². The van der Waals surface area contributed by atoms with E-state index < -0.39 is 127 Å². The van der Waals surface area contributed by atoms with Crippen LogP contribution in [0.2, 0.25) is 0 Å². The van der Waals surface area contributed by atoms with Crippen LogP contribution in [0.5, 0.6) is 0 Å². The number of aromatic nitrogens is 3. The van der Waals surface area contributed by atoms with Gasteiger partial charge in [0, 0.05) is 0 Å². The van der Waals surface area contributed by atoms with E-state index in [1.165, 1.54) is 41.5 Å². The molecule has 4 heterocycles. The number of carbonyl (C=O) groups is 6. The van der Waals surface area contributed by atoms with Crippen LogP contribution in [0.3, 0.4) is 0 Å². The maximum Gasteiger partial charge on any atom is 0.336 e. The second kappa shape index (κ2) is 12.3. The molecule has 21 heteroatoms. The summed E-state index contributed by atoms with van der Waals surface area (Å²) >= 11 is 0. The standard InChI is InChI=1S/C27H39N9O12/c1-25(2)16(40)31(19(43)28-25)7-13(37)10-34-22(46)35(11-14(38)8-32-17(41)26(3,4)29-20(32)44)24(48)36(23(34)47)12-15(39)9-33-18(42)27(5,6)30-21(33)45/h13-15,37-39H,7-12H2,1-6H3,(H,28,43)(H,29,44)(H,30,45)/t13-,14-,15-/m0/s1. The molecule has 21 nitrogen and oxygen atoms in total. The fraction of sp³-hybridized carbons (Fsp3) is 0.667. The monoisotopic (exact) mass is 681 g/mol. The Hall–Kier alpha value is -4.89. The number of hydrogen-bond donors (Lipinski definition) is 6. The Morgan fingerprint density at radius 2 is 0.646 bits per heavy atom. The van der Waals surface area contributed by atoms with Gasteiger partial charge in [-0.15, -0.1) is 0 Å². The van der Waals surface area contributed by atoms with Gasteiger partial charge in [0.25, 0.3) is 17.7 Å². The van der Waals surface area contributed by atoms with Gasteiger partial charge in [0.15, 0.2) is 0 Å². The highest BCUT2D eigenvalue weighted by molar-refractivity contribution is 6.07. The van der Waals surface area contributed by atoms with Crippen molar-refractivity contribution >= 4 is 35.8 Å². The van der Waals surface area contributed by atoms with Crippen molar-refractivity contribution in [3.63, 3.8) is 0 Å². The molecule has 9 amide bonds. The first-order valence-corrected chi connectivity index (χ1v) is 14.9. The number of nitrogens with one attached hydrogen (secondary N) is 3. The van der Waals surface area contributed by atoms with Crippen LogP contribution in [-0.4, -0.2) is 134 Å². The zero-order chi connectivity index (χ0) is 36.3. The fourth-order valence-corrected chi connectivity index (χ4v) is 5.54. The van der Waals surface area contributed by atoms with E-state index in [1.807, 2.05) is 0 Å². The van der Waals surface area contributed by atoms with Gasteiger partial charge in [-0.3, -0.25) is 29.1 Å². The molecule has 0 bridgehead atoms. The van der Waals surface area contributed by atoms with E-state index in [4.69, 9.17) is 0 Å². The number of urea groups is 3. The summed E-state index contributed by atoms with van der Waals surface area (Å²) in [5.41, 5.74) is -7.90. The van der Waals surface area contributed by atoms with Crippen LogP contribution in [0, 0.1) is 0 Å². The topological polar surface area (TPSA) is 275 Å². The number of aliphatic hydroxyl groups is 3. The Labute approximate surface area is 271 Å². The summed E-state index contributed by atoms with van der Waals surface area (Å²) in [5, 5.41) is 39.6. The molecule has 3 fully saturated rings. The van der Waals surface area contributed by atoms with Gasteiger partial charge in [-0.2, -0.15) is 0 Å². The summed E-state index contributed by atoms with van der Waals surface area (Å²) in [6, 6.07) is -2.51. The van der Waals surface area contributed by atoms with Gasteiger partial charge in [-0.1, -0.05) is 0 Å². The molecule has 0 unspecified atom stereocenters. The lowest BCUT2D eigenvalue weighted by Crippen LogP contribution is -2.58. The van der Waals surface area contributed by atoms with Crippen molar-refractivity contribution < 1.29 is 44.1 Å². The lowest BCUT2D eigenvalue weighted by Gasteiger charge is -2.23. The summed E-state index contributed by atoms with van der Waals surface area (Å²) < 4.78 is 1.13. The second-order valence-electron chi connectivity index (χ2n) is 13.6. The third-order valence-electron chi connectivity index (χ3n) is 8.08. The van der Waals surface area contributed by atoms with Crippen molar-refractivity contribution in [3.8, 4) is 0 Å². The molecule has 48 heavy (non-hydrogen) atoms. The fourth-order valence-electron chi connectivity index (χ4n) is 5.54. The number of carbonyl (C=O) groups excluding carboxylic acids is 6. The molecule has 4 rings (SSSR count). The van der Waals surface area contributed by atoms with Gasteiger partial charge < -0.3 is 31.3 Å². The molecule has 0 radical (unpaired) electrons. The molecule has 264 valence electrons. The van der Waals surface area contributed by atoms with E-state index in [-0.39, 0.29) is 0 Å². The highest BCUT2D eigenvalue weighted by Crippen LogP contribution is 2.19. The Bertz CT molecular complexity index is 1530. The maximum atomic E-state index is 13.5. The molecule has 0 aromatic carbocycles. The number of amides is 9. The van der Waals surface area contributed by atoms with E-state index in [9.17, 15) is 58.5 Å². The van der Waals surface area contributed by atoms with Gasteiger partial charge in [-0.25, -0.2) is 42.5 Å².